The van der Waals surface area contributed by atoms with Crippen molar-refractivity contribution >= 4 is 33.3 Å². The van der Waals surface area contributed by atoms with Gasteiger partial charge in [0, 0.05) is 6.42 Å². The quantitative estimate of drug-likeness (QED) is 0.559. The lowest BCUT2D eigenvalue weighted by atomic mass is 10.2. The average molecular weight is 420 g/mol. The Morgan fingerprint density at radius 3 is 2.79 bits per heavy atom. The number of hydrogen-bond acceptors (Lipinski definition) is 6. The predicted molar refractivity (Wildman–Crippen MR) is 105 cm³/mol. The summed E-state index contributed by atoms with van der Waals surface area (Å²) in [4.78, 5) is 22.0. The van der Waals surface area contributed by atoms with Crippen molar-refractivity contribution in [3.05, 3.63) is 42.0 Å². The van der Waals surface area contributed by atoms with Gasteiger partial charge in [-0.3, -0.25) is 14.3 Å². The predicted octanol–water partition coefficient (Wildman–Crippen LogP) is 2.37. The largest absolute Gasteiger partial charge is 0.493 e. The molecule has 0 spiro atoms. The van der Waals surface area contributed by atoms with Gasteiger partial charge in [-0.25, -0.2) is 8.42 Å². The Labute approximate surface area is 167 Å². The highest BCUT2D eigenvalue weighted by atomic mass is 32.2. The second-order valence-corrected chi connectivity index (χ2v) is 8.11. The number of carbonyl (C=O) groups excluding carboxylic acids is 1. The third-order valence-electron chi connectivity index (χ3n) is 4.11. The van der Waals surface area contributed by atoms with Crippen LogP contribution in [0, 0.1) is 6.92 Å². The summed E-state index contributed by atoms with van der Waals surface area (Å²) in [5.41, 5.74) is 1.28. The van der Waals surface area contributed by atoms with Crippen molar-refractivity contribution in [2.24, 2.45) is 0 Å². The minimum Gasteiger partial charge on any atom is -0.493 e. The minimum atomic E-state index is -3.87. The first kappa shape index (κ1) is 20.5. The molecule has 0 bridgehead atoms. The molecule has 1 aliphatic heterocycles. The number of anilines is 2. The van der Waals surface area contributed by atoms with Crippen LogP contribution in [0.5, 0.6) is 11.5 Å². The van der Waals surface area contributed by atoms with E-state index in [9.17, 15) is 18.0 Å². The van der Waals surface area contributed by atoms with Crippen LogP contribution >= 0.6 is 0 Å². The van der Waals surface area contributed by atoms with E-state index in [1.165, 1.54) is 24.3 Å². The normalized spacial score (nSPS) is 13.1. The molecule has 9 nitrogen and oxygen atoms in total. The number of fused-ring (bicyclic) bond motifs is 1. The zero-order valence-corrected chi connectivity index (χ0v) is 16.4. The fourth-order valence-electron chi connectivity index (χ4n) is 2.72. The minimum absolute atomic E-state index is 0.00169. The zero-order chi connectivity index (χ0) is 21.0. The van der Waals surface area contributed by atoms with Crippen molar-refractivity contribution in [3.8, 4) is 11.5 Å². The Hall–Kier alpha value is -3.27. The van der Waals surface area contributed by atoms with Crippen molar-refractivity contribution in [2.75, 3.05) is 23.3 Å². The third-order valence-corrected chi connectivity index (χ3v) is 5.49. The van der Waals surface area contributed by atoms with E-state index in [1.807, 2.05) is 0 Å². The van der Waals surface area contributed by atoms with Gasteiger partial charge in [0.2, 0.25) is 0 Å². The maximum absolute atomic E-state index is 12.7. The molecule has 3 N–H and O–H groups in total. The molecule has 0 saturated carbocycles. The molecule has 0 aliphatic carbocycles. The molecule has 2 aromatic carbocycles. The summed E-state index contributed by atoms with van der Waals surface area (Å²) in [7, 11) is -3.87. The number of sulfonamides is 1. The second kappa shape index (κ2) is 8.39. The third kappa shape index (κ3) is 5.17. The summed E-state index contributed by atoms with van der Waals surface area (Å²) in [5, 5.41) is 11.3. The molecular formula is C19H20N2O7S. The Bertz CT molecular complexity index is 1050. The van der Waals surface area contributed by atoms with Gasteiger partial charge in [0.15, 0.2) is 6.61 Å². The molecule has 10 heteroatoms. The molecule has 0 fully saturated rings. The number of carboxylic acids is 1. The van der Waals surface area contributed by atoms with Gasteiger partial charge in [-0.15, -0.1) is 0 Å². The summed E-state index contributed by atoms with van der Waals surface area (Å²) in [6.45, 7) is 1.85. The number of benzene rings is 2. The molecule has 1 amide bonds. The number of carbonyl (C=O) groups is 2. The molecule has 0 radical (unpaired) electrons. The van der Waals surface area contributed by atoms with Crippen LogP contribution in [0.25, 0.3) is 0 Å². The van der Waals surface area contributed by atoms with Gasteiger partial charge in [-0.2, -0.15) is 0 Å². The van der Waals surface area contributed by atoms with Crippen LogP contribution in [-0.4, -0.2) is 38.6 Å². The fraction of sp³-hybridized carbons (Fsp3) is 0.263. The van der Waals surface area contributed by atoms with Crippen LogP contribution in [-0.2, 0) is 19.6 Å². The smallest absolute Gasteiger partial charge is 0.303 e. The molecular weight excluding hydrogens is 400 g/mol. The van der Waals surface area contributed by atoms with Crippen molar-refractivity contribution in [2.45, 2.75) is 24.7 Å². The van der Waals surface area contributed by atoms with Crippen molar-refractivity contribution in [3.63, 3.8) is 0 Å². The monoisotopic (exact) mass is 420 g/mol. The van der Waals surface area contributed by atoms with E-state index < -0.39 is 16.0 Å². The maximum Gasteiger partial charge on any atom is 0.303 e. The summed E-state index contributed by atoms with van der Waals surface area (Å²) < 4.78 is 38.6. The summed E-state index contributed by atoms with van der Waals surface area (Å²) in [6, 6.07) is 9.01. The lowest BCUT2D eigenvalue weighted by Crippen LogP contribution is -2.25. The molecule has 2 aromatic rings. The topological polar surface area (TPSA) is 131 Å². The first-order valence-corrected chi connectivity index (χ1v) is 10.3. The number of aryl methyl sites for hydroxylation is 1. The molecule has 0 unspecified atom stereocenters. The van der Waals surface area contributed by atoms with Gasteiger partial charge < -0.3 is 19.9 Å². The number of aliphatic carboxylic acids is 1. The molecule has 154 valence electrons. The molecule has 3 rings (SSSR count). The van der Waals surface area contributed by atoms with Crippen molar-refractivity contribution in [1.29, 1.82) is 0 Å². The van der Waals surface area contributed by atoms with E-state index in [4.69, 9.17) is 14.6 Å². The van der Waals surface area contributed by atoms with Crippen LogP contribution < -0.4 is 19.5 Å². The first-order chi connectivity index (χ1) is 13.7. The van der Waals surface area contributed by atoms with Crippen LogP contribution in [0.15, 0.2) is 41.3 Å². The van der Waals surface area contributed by atoms with Gasteiger partial charge in [-0.1, -0.05) is 0 Å². The average Bonchev–Trinajstić information content (AvgIpc) is 2.65. The number of carboxylic acid groups (broad SMARTS) is 1. The molecule has 0 aromatic heterocycles. The van der Waals surface area contributed by atoms with Crippen LogP contribution in [0.3, 0.4) is 0 Å². The fourth-order valence-corrected chi connectivity index (χ4v) is 3.85. The van der Waals surface area contributed by atoms with Gasteiger partial charge in [-0.05, 0) is 55.3 Å². The molecule has 1 heterocycles. The Balaban J connectivity index is 1.71. The highest BCUT2D eigenvalue weighted by molar-refractivity contribution is 7.92. The molecule has 1 aliphatic rings. The standard InChI is InChI=1S/C19H20N2O7S/c1-12-9-14(5-7-16(12)27-8-2-3-19(23)24)29(25,26)21-13-4-6-17-15(10-13)20-18(22)11-28-17/h4-7,9-10,21H,2-3,8,11H2,1H3,(H,20,22)(H,23,24). The van der Waals surface area contributed by atoms with Crippen molar-refractivity contribution < 1.29 is 32.6 Å². The SMILES string of the molecule is Cc1cc(S(=O)(=O)Nc2ccc3c(c2)NC(=O)CO3)ccc1OCCCC(=O)O. The van der Waals surface area contributed by atoms with Crippen LogP contribution in [0.4, 0.5) is 11.4 Å². The van der Waals surface area contributed by atoms with E-state index in [0.717, 1.165) is 0 Å². The first-order valence-electron chi connectivity index (χ1n) is 8.79. The highest BCUT2D eigenvalue weighted by Crippen LogP contribution is 2.31. The van der Waals surface area contributed by atoms with E-state index in [2.05, 4.69) is 10.0 Å². The van der Waals surface area contributed by atoms with E-state index in [-0.39, 0.29) is 36.1 Å². The number of amides is 1. The number of ether oxygens (including phenoxy) is 2. The molecule has 29 heavy (non-hydrogen) atoms. The van der Waals surface area contributed by atoms with E-state index in [0.29, 0.717) is 29.2 Å². The second-order valence-electron chi connectivity index (χ2n) is 6.43. The number of hydrogen-bond donors (Lipinski definition) is 3. The van der Waals surface area contributed by atoms with E-state index >= 15 is 0 Å². The number of nitrogens with one attached hydrogen (secondary N) is 2. The number of rotatable bonds is 8. The van der Waals surface area contributed by atoms with Gasteiger partial charge in [0.1, 0.15) is 11.5 Å². The summed E-state index contributed by atoms with van der Waals surface area (Å²) >= 11 is 0. The van der Waals surface area contributed by atoms with Gasteiger partial charge >= 0.3 is 5.97 Å². The molecule has 0 saturated heterocycles. The molecule has 0 atom stereocenters. The Morgan fingerprint density at radius 1 is 1.28 bits per heavy atom. The van der Waals surface area contributed by atoms with Crippen molar-refractivity contribution in [1.82, 2.24) is 0 Å². The lowest BCUT2D eigenvalue weighted by Gasteiger charge is -2.19. The summed E-state index contributed by atoms with van der Waals surface area (Å²) in [6.07, 6.45) is 0.358. The van der Waals surface area contributed by atoms with E-state index in [1.54, 1.807) is 19.1 Å². The van der Waals surface area contributed by atoms with Gasteiger partial charge in [0.25, 0.3) is 15.9 Å². The van der Waals surface area contributed by atoms with Crippen LogP contribution in [0.1, 0.15) is 18.4 Å². The zero-order valence-electron chi connectivity index (χ0n) is 15.6. The van der Waals surface area contributed by atoms with Gasteiger partial charge in [0.05, 0.1) is 22.9 Å². The Kier molecular flexibility index (Phi) is 5.92. The lowest BCUT2D eigenvalue weighted by molar-refractivity contribution is -0.137. The summed E-state index contributed by atoms with van der Waals surface area (Å²) in [5.74, 6) is -0.256. The van der Waals surface area contributed by atoms with Crippen LogP contribution in [0.2, 0.25) is 0 Å². The maximum atomic E-state index is 12.7. The Morgan fingerprint density at radius 2 is 2.07 bits per heavy atom. The highest BCUT2D eigenvalue weighted by Gasteiger charge is 2.19.